The fraction of sp³-hybridized carbons (Fsp3) is 0.471. The molecule has 13 heteroatoms. The highest BCUT2D eigenvalue weighted by molar-refractivity contribution is 7.07. The van der Waals surface area contributed by atoms with Crippen LogP contribution in [0, 0.1) is 5.92 Å². The zero-order valence-corrected chi connectivity index (χ0v) is 27.5. The number of hydrogen-bond donors (Lipinski definition) is 3. The van der Waals surface area contributed by atoms with Crippen molar-refractivity contribution in [1.29, 1.82) is 0 Å². The summed E-state index contributed by atoms with van der Waals surface area (Å²) in [6.07, 6.45) is 6.02. The SMILES string of the molecule is CN1CCN(C(=O)C(Cc2ccc(CNC(=O)C(NC(=O)OCc3ccccc3)C3CCCCC3)cc2)NC(=O)c2cnns2)CC1. The van der Waals surface area contributed by atoms with Gasteiger partial charge in [0.25, 0.3) is 5.91 Å². The molecule has 2 heterocycles. The Balaban J connectivity index is 1.18. The van der Waals surface area contributed by atoms with E-state index in [4.69, 9.17) is 4.74 Å². The van der Waals surface area contributed by atoms with Crippen molar-refractivity contribution in [3.05, 3.63) is 82.4 Å². The van der Waals surface area contributed by atoms with Gasteiger partial charge in [-0.25, -0.2) is 4.79 Å². The van der Waals surface area contributed by atoms with Crippen LogP contribution >= 0.6 is 11.5 Å². The number of nitrogens with zero attached hydrogens (tertiary/aromatic N) is 4. The number of likely N-dealkylation sites (N-methyl/N-ethyl adjacent to an activating group) is 1. The number of nitrogens with one attached hydrogen (secondary N) is 3. The predicted octanol–water partition coefficient (Wildman–Crippen LogP) is 3.14. The fourth-order valence-corrected chi connectivity index (χ4v) is 6.45. The third-order valence-electron chi connectivity index (χ3n) is 8.82. The van der Waals surface area contributed by atoms with E-state index in [1.54, 1.807) is 4.90 Å². The van der Waals surface area contributed by atoms with E-state index in [2.05, 4.69) is 30.4 Å². The Morgan fingerprint density at radius 2 is 1.60 bits per heavy atom. The lowest BCUT2D eigenvalue weighted by atomic mass is 9.83. The van der Waals surface area contributed by atoms with Crippen molar-refractivity contribution in [2.75, 3.05) is 33.2 Å². The largest absolute Gasteiger partial charge is 0.445 e. The maximum absolute atomic E-state index is 13.5. The van der Waals surface area contributed by atoms with Crippen LogP contribution in [-0.2, 0) is 33.9 Å². The van der Waals surface area contributed by atoms with Crippen LogP contribution in [0.2, 0.25) is 0 Å². The van der Waals surface area contributed by atoms with Crippen LogP contribution in [0.5, 0.6) is 0 Å². The molecule has 2 fully saturated rings. The average molecular weight is 662 g/mol. The minimum atomic E-state index is -0.748. The molecule has 5 rings (SSSR count). The Labute approximate surface area is 279 Å². The van der Waals surface area contributed by atoms with Crippen molar-refractivity contribution in [3.63, 3.8) is 0 Å². The molecule has 3 N–H and O–H groups in total. The van der Waals surface area contributed by atoms with E-state index in [0.29, 0.717) is 24.4 Å². The first-order valence-corrected chi connectivity index (χ1v) is 17.0. The minimum absolute atomic E-state index is 0.0427. The fourth-order valence-electron chi connectivity index (χ4n) is 6.03. The number of hydrogen-bond acceptors (Lipinski definition) is 9. The van der Waals surface area contributed by atoms with Gasteiger partial charge in [0.15, 0.2) is 0 Å². The Kier molecular flexibility index (Phi) is 12.3. The number of carbonyl (C=O) groups is 4. The number of rotatable bonds is 12. The Hall–Kier alpha value is -4.36. The third-order valence-corrected chi connectivity index (χ3v) is 9.49. The predicted molar refractivity (Wildman–Crippen MR) is 177 cm³/mol. The number of piperazine rings is 1. The minimum Gasteiger partial charge on any atom is -0.445 e. The molecule has 0 spiro atoms. The molecule has 0 bridgehead atoms. The second kappa shape index (κ2) is 17.0. The summed E-state index contributed by atoms with van der Waals surface area (Å²) in [5.41, 5.74) is 2.62. The smallest absolute Gasteiger partial charge is 0.408 e. The van der Waals surface area contributed by atoms with E-state index in [-0.39, 0.29) is 36.8 Å². The molecule has 2 aliphatic rings. The molecule has 3 aromatic rings. The van der Waals surface area contributed by atoms with Gasteiger partial charge in [0, 0.05) is 39.1 Å². The molecule has 1 saturated carbocycles. The molecule has 2 aromatic carbocycles. The summed E-state index contributed by atoms with van der Waals surface area (Å²) in [6.45, 7) is 3.16. The zero-order chi connectivity index (χ0) is 33.0. The number of amides is 4. The molecule has 250 valence electrons. The Morgan fingerprint density at radius 1 is 0.894 bits per heavy atom. The van der Waals surface area contributed by atoms with Gasteiger partial charge in [-0.3, -0.25) is 14.4 Å². The topological polar surface area (TPSA) is 146 Å². The highest BCUT2D eigenvalue weighted by Crippen LogP contribution is 2.27. The molecular weight excluding hydrogens is 618 g/mol. The molecule has 1 saturated heterocycles. The third kappa shape index (κ3) is 10.1. The van der Waals surface area contributed by atoms with Crippen LogP contribution in [-0.4, -0.2) is 88.5 Å². The van der Waals surface area contributed by atoms with Crippen molar-refractivity contribution in [2.45, 2.75) is 63.8 Å². The van der Waals surface area contributed by atoms with Crippen LogP contribution in [0.1, 0.15) is 58.5 Å². The lowest BCUT2D eigenvalue weighted by molar-refractivity contribution is -0.134. The first kappa shape index (κ1) is 34.0. The van der Waals surface area contributed by atoms with E-state index >= 15 is 0 Å². The van der Waals surface area contributed by atoms with E-state index in [1.165, 1.54) is 6.20 Å². The van der Waals surface area contributed by atoms with Gasteiger partial charge in [0.1, 0.15) is 23.6 Å². The van der Waals surface area contributed by atoms with Crippen LogP contribution in [0.3, 0.4) is 0 Å². The van der Waals surface area contributed by atoms with Crippen LogP contribution in [0.4, 0.5) is 4.79 Å². The van der Waals surface area contributed by atoms with Crippen molar-refractivity contribution >= 4 is 35.3 Å². The molecule has 0 radical (unpaired) electrons. The standard InChI is InChI=1S/C34H43N7O5S/c1-40-16-18-41(19-17-40)33(44)28(37-31(42)29-22-36-39-47-29)20-24-12-14-25(15-13-24)21-35-32(43)30(27-10-6-3-7-11-27)38-34(45)46-23-26-8-4-2-5-9-26/h2,4-5,8-9,12-15,22,27-28,30H,3,6-7,10-11,16-21,23H2,1H3,(H,35,43)(H,37,42)(H,38,45). The van der Waals surface area contributed by atoms with Gasteiger partial charge >= 0.3 is 6.09 Å². The number of aromatic nitrogens is 2. The van der Waals surface area contributed by atoms with E-state index in [0.717, 1.165) is 73.4 Å². The normalized spacial score (nSPS) is 16.9. The first-order chi connectivity index (χ1) is 22.9. The Morgan fingerprint density at radius 3 is 2.28 bits per heavy atom. The highest BCUT2D eigenvalue weighted by Gasteiger charge is 2.32. The van der Waals surface area contributed by atoms with Crippen molar-refractivity contribution in [1.82, 2.24) is 35.3 Å². The van der Waals surface area contributed by atoms with Crippen molar-refractivity contribution < 1.29 is 23.9 Å². The van der Waals surface area contributed by atoms with E-state index < -0.39 is 18.2 Å². The summed E-state index contributed by atoms with van der Waals surface area (Å²) in [5.74, 6) is -0.697. The number of alkyl carbamates (subject to hydrolysis) is 1. The van der Waals surface area contributed by atoms with Gasteiger partial charge in [-0.15, -0.1) is 5.10 Å². The summed E-state index contributed by atoms with van der Waals surface area (Å²) in [6, 6.07) is 15.6. The molecule has 47 heavy (non-hydrogen) atoms. The second-order valence-corrected chi connectivity index (χ2v) is 13.0. The van der Waals surface area contributed by atoms with Gasteiger partial charge in [-0.2, -0.15) is 0 Å². The van der Waals surface area contributed by atoms with Crippen molar-refractivity contribution in [2.24, 2.45) is 5.92 Å². The highest BCUT2D eigenvalue weighted by atomic mass is 32.1. The van der Waals surface area contributed by atoms with Gasteiger partial charge in [0.05, 0.1) is 6.20 Å². The molecule has 12 nitrogen and oxygen atoms in total. The second-order valence-electron chi connectivity index (χ2n) is 12.3. The molecule has 1 aliphatic heterocycles. The maximum atomic E-state index is 13.5. The van der Waals surface area contributed by atoms with Gasteiger partial charge in [-0.05, 0) is 54.0 Å². The summed E-state index contributed by atoms with van der Waals surface area (Å²) >= 11 is 0.983. The monoisotopic (exact) mass is 661 g/mol. The molecule has 1 aromatic heterocycles. The van der Waals surface area contributed by atoms with Gasteiger partial charge < -0.3 is 30.5 Å². The van der Waals surface area contributed by atoms with E-state index in [1.807, 2.05) is 61.6 Å². The first-order valence-electron chi connectivity index (χ1n) is 16.2. The van der Waals surface area contributed by atoms with Gasteiger partial charge in [-0.1, -0.05) is 78.3 Å². The molecular formula is C34H43N7O5S. The molecule has 2 atom stereocenters. The van der Waals surface area contributed by atoms with Crippen LogP contribution in [0.25, 0.3) is 0 Å². The van der Waals surface area contributed by atoms with Crippen molar-refractivity contribution in [3.8, 4) is 0 Å². The van der Waals surface area contributed by atoms with Crippen LogP contribution < -0.4 is 16.0 Å². The lowest BCUT2D eigenvalue weighted by Gasteiger charge is -2.34. The molecule has 2 unspecified atom stereocenters. The maximum Gasteiger partial charge on any atom is 0.408 e. The quantitative estimate of drug-likeness (QED) is 0.269. The van der Waals surface area contributed by atoms with Crippen LogP contribution in [0.15, 0.2) is 60.8 Å². The molecule has 4 amide bonds. The summed E-state index contributed by atoms with van der Waals surface area (Å²) in [5, 5.41) is 12.5. The van der Waals surface area contributed by atoms with E-state index in [9.17, 15) is 19.2 Å². The lowest BCUT2D eigenvalue weighted by Crippen LogP contribution is -2.54. The number of carbonyl (C=O) groups excluding carboxylic acids is 4. The summed E-state index contributed by atoms with van der Waals surface area (Å²) < 4.78 is 9.18. The van der Waals surface area contributed by atoms with Gasteiger partial charge in [0.2, 0.25) is 11.8 Å². The number of benzene rings is 2. The average Bonchev–Trinajstić information content (AvgIpc) is 3.65. The summed E-state index contributed by atoms with van der Waals surface area (Å²) in [7, 11) is 2.02. The zero-order valence-electron chi connectivity index (χ0n) is 26.7. The Bertz CT molecular complexity index is 1460. The molecule has 1 aliphatic carbocycles. The number of ether oxygens (including phenoxy) is 1. The summed E-state index contributed by atoms with van der Waals surface area (Å²) in [4.78, 5) is 56.8.